The number of aldehydes is 1. The first-order chi connectivity index (χ1) is 7.52. The molecule has 2 heteroatoms. The van der Waals surface area contributed by atoms with Crippen molar-refractivity contribution in [2.45, 2.75) is 52.1 Å². The van der Waals surface area contributed by atoms with Gasteiger partial charge in [0.05, 0.1) is 12.2 Å². The smallest absolute Gasteiger partial charge is 0.142 e. The van der Waals surface area contributed by atoms with E-state index in [2.05, 4.69) is 20.8 Å². The molecule has 0 amide bonds. The van der Waals surface area contributed by atoms with Crippen LogP contribution in [0, 0.1) is 11.3 Å². The second-order valence-electron chi connectivity index (χ2n) is 5.99. The molecule has 0 radical (unpaired) electrons. The number of carbonyl (C=O) groups is 1. The van der Waals surface area contributed by atoms with E-state index in [1.807, 2.05) is 0 Å². The van der Waals surface area contributed by atoms with Crippen molar-refractivity contribution in [2.75, 3.05) is 6.61 Å². The Morgan fingerprint density at radius 1 is 1.44 bits per heavy atom. The Morgan fingerprint density at radius 2 is 2.19 bits per heavy atom. The standard InChI is InChI=1S/C14H22O2/c1-11-5-4-7-13(2,3)14(11)9-12(6-8-15)10-16-14/h6,8,11H,4-5,7,9-10H2,1-3H3/b12-6+/t11-,14-/m0/s1. The van der Waals surface area contributed by atoms with Crippen molar-refractivity contribution in [2.24, 2.45) is 11.3 Å². The van der Waals surface area contributed by atoms with Crippen LogP contribution in [0.1, 0.15) is 46.5 Å². The first-order valence-corrected chi connectivity index (χ1v) is 6.29. The van der Waals surface area contributed by atoms with Gasteiger partial charge in [-0.05, 0) is 35.8 Å². The third-order valence-corrected chi connectivity index (χ3v) is 4.69. The highest BCUT2D eigenvalue weighted by Gasteiger charge is 2.54. The van der Waals surface area contributed by atoms with Crippen LogP contribution < -0.4 is 0 Å². The molecule has 1 aliphatic heterocycles. The van der Waals surface area contributed by atoms with Crippen LogP contribution in [-0.4, -0.2) is 18.5 Å². The summed E-state index contributed by atoms with van der Waals surface area (Å²) in [6.07, 6.45) is 7.29. The molecule has 1 saturated carbocycles. The van der Waals surface area contributed by atoms with Crippen LogP contribution in [0.3, 0.4) is 0 Å². The third-order valence-electron chi connectivity index (χ3n) is 4.69. The minimum absolute atomic E-state index is 0.0277. The van der Waals surface area contributed by atoms with Crippen molar-refractivity contribution in [1.29, 1.82) is 0 Å². The van der Waals surface area contributed by atoms with Gasteiger partial charge in [-0.2, -0.15) is 0 Å². The summed E-state index contributed by atoms with van der Waals surface area (Å²) in [5.41, 5.74) is 1.36. The molecule has 16 heavy (non-hydrogen) atoms. The molecule has 0 aromatic heterocycles. The van der Waals surface area contributed by atoms with Gasteiger partial charge >= 0.3 is 0 Å². The van der Waals surface area contributed by atoms with Crippen LogP contribution >= 0.6 is 0 Å². The van der Waals surface area contributed by atoms with Crippen molar-refractivity contribution in [3.63, 3.8) is 0 Å². The Morgan fingerprint density at radius 3 is 2.81 bits per heavy atom. The fourth-order valence-corrected chi connectivity index (χ4v) is 3.58. The van der Waals surface area contributed by atoms with Gasteiger partial charge in [0.25, 0.3) is 0 Å². The number of hydrogen-bond acceptors (Lipinski definition) is 2. The minimum atomic E-state index is -0.0277. The van der Waals surface area contributed by atoms with Gasteiger partial charge in [0.2, 0.25) is 0 Å². The molecule has 2 nitrogen and oxygen atoms in total. The summed E-state index contributed by atoms with van der Waals surface area (Å²) in [4.78, 5) is 10.5. The molecule has 0 aromatic rings. The monoisotopic (exact) mass is 222 g/mol. The molecule has 0 unspecified atom stereocenters. The molecule has 2 rings (SSSR count). The van der Waals surface area contributed by atoms with Crippen molar-refractivity contribution in [1.82, 2.24) is 0 Å². The summed E-state index contributed by atoms with van der Waals surface area (Å²) in [6, 6.07) is 0. The highest BCUT2D eigenvalue weighted by molar-refractivity contribution is 5.66. The van der Waals surface area contributed by atoms with E-state index in [9.17, 15) is 4.79 Å². The van der Waals surface area contributed by atoms with Gasteiger partial charge in [-0.3, -0.25) is 4.79 Å². The number of rotatable bonds is 1. The zero-order valence-electron chi connectivity index (χ0n) is 10.6. The van der Waals surface area contributed by atoms with Crippen LogP contribution in [0.5, 0.6) is 0 Å². The van der Waals surface area contributed by atoms with E-state index < -0.39 is 0 Å². The highest BCUT2D eigenvalue weighted by atomic mass is 16.5. The molecule has 1 heterocycles. The fourth-order valence-electron chi connectivity index (χ4n) is 3.58. The molecule has 1 aliphatic carbocycles. The van der Waals surface area contributed by atoms with E-state index in [-0.39, 0.29) is 11.0 Å². The normalized spacial score (nSPS) is 40.4. The Bertz CT molecular complexity index is 317. The van der Waals surface area contributed by atoms with E-state index in [1.165, 1.54) is 19.3 Å². The number of allylic oxidation sites excluding steroid dienone is 1. The van der Waals surface area contributed by atoms with Gasteiger partial charge in [-0.15, -0.1) is 0 Å². The van der Waals surface area contributed by atoms with Crippen LogP contribution in [0.4, 0.5) is 0 Å². The largest absolute Gasteiger partial charge is 0.369 e. The SMILES string of the molecule is C[C@H]1CCCC(C)(C)[C@]12C/C(=C\C=O)CO2. The van der Waals surface area contributed by atoms with E-state index in [0.29, 0.717) is 12.5 Å². The van der Waals surface area contributed by atoms with Crippen LogP contribution in [0.2, 0.25) is 0 Å². The maximum absolute atomic E-state index is 10.5. The van der Waals surface area contributed by atoms with Gasteiger partial charge < -0.3 is 4.74 Å². The molecule has 0 bridgehead atoms. The van der Waals surface area contributed by atoms with E-state index >= 15 is 0 Å². The predicted octanol–water partition coefficient (Wildman–Crippen LogP) is 3.12. The summed E-state index contributed by atoms with van der Waals surface area (Å²) in [6.45, 7) is 7.57. The molecule has 1 spiro atoms. The Kier molecular flexibility index (Phi) is 2.95. The van der Waals surface area contributed by atoms with Crippen molar-refractivity contribution in [3.05, 3.63) is 11.6 Å². The molecule has 0 aromatic carbocycles. The molecule has 1 saturated heterocycles. The molecule has 90 valence electrons. The van der Waals surface area contributed by atoms with Gasteiger partial charge in [-0.25, -0.2) is 0 Å². The van der Waals surface area contributed by atoms with Gasteiger partial charge in [0.15, 0.2) is 0 Å². The molecular weight excluding hydrogens is 200 g/mol. The maximum Gasteiger partial charge on any atom is 0.142 e. The van der Waals surface area contributed by atoms with Crippen molar-refractivity contribution < 1.29 is 9.53 Å². The average Bonchev–Trinajstić information content (AvgIpc) is 2.62. The second-order valence-corrected chi connectivity index (χ2v) is 5.99. The molecule has 0 N–H and O–H groups in total. The van der Waals surface area contributed by atoms with Gasteiger partial charge in [0.1, 0.15) is 6.29 Å². The zero-order chi connectivity index (χ0) is 11.8. The highest BCUT2D eigenvalue weighted by Crippen LogP contribution is 2.55. The lowest BCUT2D eigenvalue weighted by atomic mass is 9.59. The van der Waals surface area contributed by atoms with Gasteiger partial charge in [0, 0.05) is 6.42 Å². The predicted molar refractivity (Wildman–Crippen MR) is 64.2 cm³/mol. The summed E-state index contributed by atoms with van der Waals surface area (Å²) >= 11 is 0. The Labute approximate surface area is 98.1 Å². The number of ether oxygens (including phenoxy) is 1. The topological polar surface area (TPSA) is 26.3 Å². The fraction of sp³-hybridized carbons (Fsp3) is 0.786. The van der Waals surface area contributed by atoms with E-state index in [4.69, 9.17) is 4.74 Å². The van der Waals surface area contributed by atoms with E-state index in [0.717, 1.165) is 18.3 Å². The Hall–Kier alpha value is -0.630. The van der Waals surface area contributed by atoms with Crippen molar-refractivity contribution in [3.8, 4) is 0 Å². The average molecular weight is 222 g/mol. The van der Waals surface area contributed by atoms with E-state index in [1.54, 1.807) is 6.08 Å². The van der Waals surface area contributed by atoms with Crippen LogP contribution in [-0.2, 0) is 9.53 Å². The van der Waals surface area contributed by atoms with Gasteiger partial charge in [-0.1, -0.05) is 27.2 Å². The third kappa shape index (κ3) is 1.64. The number of hydrogen-bond donors (Lipinski definition) is 0. The number of carbonyl (C=O) groups excluding carboxylic acids is 1. The van der Waals surface area contributed by atoms with Crippen molar-refractivity contribution >= 4 is 6.29 Å². The van der Waals surface area contributed by atoms with Crippen LogP contribution in [0.25, 0.3) is 0 Å². The molecule has 2 aliphatic rings. The lowest BCUT2D eigenvalue weighted by Gasteiger charge is -2.51. The first kappa shape index (κ1) is 11.8. The summed E-state index contributed by atoms with van der Waals surface area (Å²) in [7, 11) is 0. The lowest BCUT2D eigenvalue weighted by Crippen LogP contribution is -2.51. The zero-order valence-corrected chi connectivity index (χ0v) is 10.6. The van der Waals surface area contributed by atoms with Crippen LogP contribution in [0.15, 0.2) is 11.6 Å². The summed E-state index contributed by atoms with van der Waals surface area (Å²) in [5, 5.41) is 0. The first-order valence-electron chi connectivity index (χ1n) is 6.29. The summed E-state index contributed by atoms with van der Waals surface area (Å²) < 4.78 is 6.15. The molecule has 2 fully saturated rings. The quantitative estimate of drug-likeness (QED) is 0.503. The minimum Gasteiger partial charge on any atom is -0.369 e. The summed E-state index contributed by atoms with van der Waals surface area (Å²) in [5.74, 6) is 0.591. The second kappa shape index (κ2) is 3.99. The lowest BCUT2D eigenvalue weighted by molar-refractivity contribution is -0.144. The Balaban J connectivity index is 2.28. The molecular formula is C14H22O2. The maximum atomic E-state index is 10.5. The molecule has 2 atom stereocenters.